The van der Waals surface area contributed by atoms with Crippen molar-refractivity contribution < 1.29 is 9.18 Å². The van der Waals surface area contributed by atoms with Gasteiger partial charge in [-0.05, 0) is 24.5 Å². The van der Waals surface area contributed by atoms with Crippen molar-refractivity contribution in [3.63, 3.8) is 0 Å². The van der Waals surface area contributed by atoms with Gasteiger partial charge < -0.3 is 4.90 Å². The van der Waals surface area contributed by atoms with Crippen LogP contribution in [0, 0.1) is 11.9 Å². The van der Waals surface area contributed by atoms with Crippen LogP contribution in [0.5, 0.6) is 0 Å². The summed E-state index contributed by atoms with van der Waals surface area (Å²) in [5, 5.41) is 0. The second kappa shape index (κ2) is 5.58. The van der Waals surface area contributed by atoms with E-state index in [1.165, 1.54) is 18.3 Å². The lowest BCUT2D eigenvalue weighted by Crippen LogP contribution is -2.28. The quantitative estimate of drug-likeness (QED) is 0.735. The van der Waals surface area contributed by atoms with Crippen LogP contribution in [0.4, 0.5) is 4.39 Å². The fraction of sp³-hybridized carbons (Fsp3) is 0.500. The molecule has 0 N–H and O–H groups in total. The molecule has 0 atom stereocenters. The SMILES string of the molecule is CC(C)CCN(C)C(=O)c1ccc(F)nc1. The monoisotopic (exact) mass is 224 g/mol. The van der Waals surface area contributed by atoms with E-state index >= 15 is 0 Å². The number of hydrogen-bond donors (Lipinski definition) is 0. The Labute approximate surface area is 95.3 Å². The van der Waals surface area contributed by atoms with E-state index in [0.717, 1.165) is 6.42 Å². The van der Waals surface area contributed by atoms with Gasteiger partial charge in [0.05, 0.1) is 5.56 Å². The molecule has 0 fully saturated rings. The minimum absolute atomic E-state index is 0.117. The summed E-state index contributed by atoms with van der Waals surface area (Å²) in [4.78, 5) is 16.9. The van der Waals surface area contributed by atoms with Crippen molar-refractivity contribution in [1.29, 1.82) is 0 Å². The van der Waals surface area contributed by atoms with E-state index < -0.39 is 5.95 Å². The summed E-state index contributed by atoms with van der Waals surface area (Å²) in [6.45, 7) is 4.92. The van der Waals surface area contributed by atoms with E-state index in [1.54, 1.807) is 11.9 Å². The van der Waals surface area contributed by atoms with Gasteiger partial charge in [-0.2, -0.15) is 4.39 Å². The summed E-state index contributed by atoms with van der Waals surface area (Å²) in [5.74, 6) is -0.129. The molecule has 0 bridgehead atoms. The van der Waals surface area contributed by atoms with Gasteiger partial charge in [-0.15, -0.1) is 0 Å². The first kappa shape index (κ1) is 12.6. The lowest BCUT2D eigenvalue weighted by atomic mass is 10.1. The van der Waals surface area contributed by atoms with Crippen LogP contribution in [0.1, 0.15) is 30.6 Å². The third-order valence-corrected chi connectivity index (χ3v) is 2.36. The maximum absolute atomic E-state index is 12.6. The Morgan fingerprint density at radius 1 is 1.50 bits per heavy atom. The van der Waals surface area contributed by atoms with Crippen molar-refractivity contribution in [2.75, 3.05) is 13.6 Å². The van der Waals surface area contributed by atoms with Crippen LogP contribution >= 0.6 is 0 Å². The Morgan fingerprint density at radius 2 is 2.19 bits per heavy atom. The van der Waals surface area contributed by atoms with E-state index in [2.05, 4.69) is 18.8 Å². The van der Waals surface area contributed by atoms with Gasteiger partial charge in [-0.3, -0.25) is 4.79 Å². The molecule has 0 aliphatic carbocycles. The Morgan fingerprint density at radius 3 is 2.69 bits per heavy atom. The maximum atomic E-state index is 12.6. The predicted octanol–water partition coefficient (Wildman–Crippen LogP) is 2.34. The topological polar surface area (TPSA) is 33.2 Å². The van der Waals surface area contributed by atoms with Gasteiger partial charge in [-0.25, -0.2) is 4.98 Å². The number of amides is 1. The number of carbonyl (C=O) groups is 1. The third kappa shape index (κ3) is 3.61. The zero-order valence-electron chi connectivity index (χ0n) is 9.90. The number of nitrogens with zero attached hydrogens (tertiary/aromatic N) is 2. The van der Waals surface area contributed by atoms with Crippen LogP contribution in [0.3, 0.4) is 0 Å². The fourth-order valence-corrected chi connectivity index (χ4v) is 1.28. The second-order valence-electron chi connectivity index (χ2n) is 4.28. The lowest BCUT2D eigenvalue weighted by molar-refractivity contribution is 0.0788. The van der Waals surface area contributed by atoms with Gasteiger partial charge in [-0.1, -0.05) is 13.8 Å². The largest absolute Gasteiger partial charge is 0.342 e. The molecule has 0 saturated heterocycles. The number of pyridine rings is 1. The van der Waals surface area contributed by atoms with Gasteiger partial charge >= 0.3 is 0 Å². The molecule has 1 amide bonds. The molecule has 0 radical (unpaired) electrons. The minimum atomic E-state index is -0.568. The summed E-state index contributed by atoms with van der Waals surface area (Å²) in [5.41, 5.74) is 0.424. The van der Waals surface area contributed by atoms with Gasteiger partial charge in [0.1, 0.15) is 0 Å². The molecular weight excluding hydrogens is 207 g/mol. The second-order valence-corrected chi connectivity index (χ2v) is 4.28. The molecule has 16 heavy (non-hydrogen) atoms. The normalized spacial score (nSPS) is 10.6. The number of hydrogen-bond acceptors (Lipinski definition) is 2. The maximum Gasteiger partial charge on any atom is 0.255 e. The molecule has 0 aliphatic rings. The number of rotatable bonds is 4. The highest BCUT2D eigenvalue weighted by atomic mass is 19.1. The van der Waals surface area contributed by atoms with Gasteiger partial charge in [0.25, 0.3) is 5.91 Å². The summed E-state index contributed by atoms with van der Waals surface area (Å²) in [7, 11) is 1.74. The average Bonchev–Trinajstić information content (AvgIpc) is 2.26. The standard InChI is InChI=1S/C12H17FN2O/c1-9(2)6-7-15(3)12(16)10-4-5-11(13)14-8-10/h4-5,8-9H,6-7H2,1-3H3. The molecule has 4 heteroatoms. The van der Waals surface area contributed by atoms with E-state index in [4.69, 9.17) is 0 Å². The van der Waals surface area contributed by atoms with Crippen molar-refractivity contribution in [3.8, 4) is 0 Å². The minimum Gasteiger partial charge on any atom is -0.342 e. The summed E-state index contributed by atoms with van der Waals surface area (Å²) in [6, 6.07) is 2.65. The van der Waals surface area contributed by atoms with Crippen LogP contribution in [0.2, 0.25) is 0 Å². The van der Waals surface area contributed by atoms with Crippen molar-refractivity contribution in [3.05, 3.63) is 29.8 Å². The number of halogens is 1. The van der Waals surface area contributed by atoms with Crippen LogP contribution in [-0.4, -0.2) is 29.4 Å². The van der Waals surface area contributed by atoms with Crippen molar-refractivity contribution in [2.24, 2.45) is 5.92 Å². The Bertz CT molecular complexity index is 349. The molecule has 1 rings (SSSR count). The molecular formula is C12H17FN2O. The predicted molar refractivity (Wildman–Crippen MR) is 60.6 cm³/mol. The molecule has 1 aromatic heterocycles. The average molecular weight is 224 g/mol. The van der Waals surface area contributed by atoms with E-state index in [1.807, 2.05) is 0 Å². The summed E-state index contributed by atoms with van der Waals surface area (Å²) in [6.07, 6.45) is 2.22. The van der Waals surface area contributed by atoms with Gasteiger partial charge in [0.2, 0.25) is 5.95 Å². The first-order chi connectivity index (χ1) is 7.50. The van der Waals surface area contributed by atoms with Crippen LogP contribution in [-0.2, 0) is 0 Å². The van der Waals surface area contributed by atoms with Crippen molar-refractivity contribution in [1.82, 2.24) is 9.88 Å². The fourth-order valence-electron chi connectivity index (χ4n) is 1.28. The van der Waals surface area contributed by atoms with Crippen LogP contribution in [0.25, 0.3) is 0 Å². The number of carbonyl (C=O) groups excluding carboxylic acids is 1. The Balaban J connectivity index is 2.60. The highest BCUT2D eigenvalue weighted by Gasteiger charge is 2.12. The summed E-state index contributed by atoms with van der Waals surface area (Å²) >= 11 is 0. The van der Waals surface area contributed by atoms with Crippen molar-refractivity contribution in [2.45, 2.75) is 20.3 Å². The number of aromatic nitrogens is 1. The molecule has 0 spiro atoms. The molecule has 1 heterocycles. The summed E-state index contributed by atoms with van der Waals surface area (Å²) < 4.78 is 12.6. The first-order valence-corrected chi connectivity index (χ1v) is 5.37. The molecule has 0 unspecified atom stereocenters. The zero-order valence-corrected chi connectivity index (χ0v) is 9.90. The van der Waals surface area contributed by atoms with Gasteiger partial charge in [0.15, 0.2) is 0 Å². The molecule has 0 aliphatic heterocycles. The van der Waals surface area contributed by atoms with Crippen LogP contribution in [0.15, 0.2) is 18.3 Å². The Kier molecular flexibility index (Phi) is 4.40. The van der Waals surface area contributed by atoms with Gasteiger partial charge in [0, 0.05) is 19.8 Å². The highest BCUT2D eigenvalue weighted by Crippen LogP contribution is 2.06. The smallest absolute Gasteiger partial charge is 0.255 e. The van der Waals surface area contributed by atoms with Crippen molar-refractivity contribution >= 4 is 5.91 Å². The third-order valence-electron chi connectivity index (χ3n) is 2.36. The lowest BCUT2D eigenvalue weighted by Gasteiger charge is -2.18. The zero-order chi connectivity index (χ0) is 12.1. The molecule has 3 nitrogen and oxygen atoms in total. The van der Waals surface area contributed by atoms with Crippen LogP contribution < -0.4 is 0 Å². The molecule has 1 aromatic rings. The molecule has 0 aromatic carbocycles. The van der Waals surface area contributed by atoms with E-state index in [9.17, 15) is 9.18 Å². The highest BCUT2D eigenvalue weighted by molar-refractivity contribution is 5.93. The van der Waals surface area contributed by atoms with E-state index in [0.29, 0.717) is 18.0 Å². The van der Waals surface area contributed by atoms with E-state index in [-0.39, 0.29) is 5.91 Å². The first-order valence-electron chi connectivity index (χ1n) is 5.37. The molecule has 88 valence electrons. The Hall–Kier alpha value is -1.45. The molecule has 0 saturated carbocycles.